The normalized spacial score (nSPS) is 18.7. The summed E-state index contributed by atoms with van der Waals surface area (Å²) in [4.78, 5) is 5.72. The average Bonchev–Trinajstić information content (AvgIpc) is 2.67. The summed E-state index contributed by atoms with van der Waals surface area (Å²) >= 11 is 0. The van der Waals surface area contributed by atoms with E-state index in [0.29, 0.717) is 11.8 Å². The van der Waals surface area contributed by atoms with Gasteiger partial charge in [-0.3, -0.25) is 0 Å². The molecule has 0 aliphatic heterocycles. The molecule has 2 N–H and O–H groups in total. The molecular formula is C14H19ClN2O. The van der Waals surface area contributed by atoms with Crippen LogP contribution in [0.2, 0.25) is 0 Å². The first kappa shape index (κ1) is 13.2. The summed E-state index contributed by atoms with van der Waals surface area (Å²) in [5.41, 5.74) is 3.68. The van der Waals surface area contributed by atoms with E-state index in [1.807, 2.05) is 12.1 Å². The highest BCUT2D eigenvalue weighted by Crippen LogP contribution is 2.35. The number of aromatic amines is 1. The molecule has 1 aliphatic carbocycles. The zero-order valence-corrected chi connectivity index (χ0v) is 11.5. The van der Waals surface area contributed by atoms with E-state index in [2.05, 4.69) is 24.0 Å². The Bertz CT molecular complexity index is 562. The highest BCUT2D eigenvalue weighted by Gasteiger charge is 2.24. The molecule has 0 fully saturated rings. The molecular weight excluding hydrogens is 248 g/mol. The number of rotatable bonds is 1. The number of aromatic hydroxyl groups is 1. The molecule has 98 valence electrons. The fourth-order valence-electron chi connectivity index (χ4n) is 2.88. The SMILES string of the molecule is CN(C)C1CCc2[nH]c3cccc(O)c3c2C1.Cl. The Hall–Kier alpha value is -1.19. The standard InChI is InChI=1S/C14H18N2O.ClH/c1-16(2)9-6-7-11-10(8-9)14-12(15-11)4-3-5-13(14)17;/h3-5,9,15,17H,6-8H2,1-2H3;1H. The monoisotopic (exact) mass is 266 g/mol. The number of nitrogens with zero attached hydrogens (tertiary/aromatic N) is 1. The van der Waals surface area contributed by atoms with E-state index in [4.69, 9.17) is 0 Å². The minimum Gasteiger partial charge on any atom is -0.507 e. The van der Waals surface area contributed by atoms with Gasteiger partial charge in [-0.15, -0.1) is 12.4 Å². The van der Waals surface area contributed by atoms with Crippen molar-refractivity contribution in [1.82, 2.24) is 9.88 Å². The van der Waals surface area contributed by atoms with Crippen molar-refractivity contribution < 1.29 is 5.11 Å². The topological polar surface area (TPSA) is 39.3 Å². The lowest BCUT2D eigenvalue weighted by atomic mass is 9.90. The third kappa shape index (κ3) is 1.98. The fourth-order valence-corrected chi connectivity index (χ4v) is 2.88. The number of benzene rings is 1. The molecule has 1 unspecified atom stereocenters. The van der Waals surface area contributed by atoms with Gasteiger partial charge in [0.25, 0.3) is 0 Å². The van der Waals surface area contributed by atoms with Crippen LogP contribution in [-0.2, 0) is 12.8 Å². The van der Waals surface area contributed by atoms with Gasteiger partial charge in [-0.2, -0.15) is 0 Å². The summed E-state index contributed by atoms with van der Waals surface area (Å²) < 4.78 is 0. The maximum atomic E-state index is 10.0. The summed E-state index contributed by atoms with van der Waals surface area (Å²) in [6.45, 7) is 0. The Kier molecular flexibility index (Phi) is 3.55. The molecule has 1 atom stereocenters. The molecule has 0 amide bonds. The summed E-state index contributed by atoms with van der Waals surface area (Å²) in [6, 6.07) is 6.29. The number of phenols is 1. The van der Waals surface area contributed by atoms with Crippen molar-refractivity contribution in [3.63, 3.8) is 0 Å². The molecule has 3 rings (SSSR count). The van der Waals surface area contributed by atoms with Crippen LogP contribution in [0, 0.1) is 0 Å². The first-order valence-corrected chi connectivity index (χ1v) is 6.14. The van der Waals surface area contributed by atoms with E-state index < -0.39 is 0 Å². The number of phenolic OH excluding ortho intramolecular Hbond substituents is 1. The number of nitrogens with one attached hydrogen (secondary N) is 1. The molecule has 4 heteroatoms. The molecule has 0 saturated carbocycles. The van der Waals surface area contributed by atoms with Crippen molar-refractivity contribution in [2.45, 2.75) is 25.3 Å². The van der Waals surface area contributed by atoms with Crippen LogP contribution < -0.4 is 0 Å². The molecule has 0 radical (unpaired) electrons. The Balaban J connectivity index is 0.00000120. The van der Waals surface area contributed by atoms with E-state index in [0.717, 1.165) is 23.7 Å². The lowest BCUT2D eigenvalue weighted by molar-refractivity contribution is 0.268. The zero-order chi connectivity index (χ0) is 12.0. The van der Waals surface area contributed by atoms with Crippen LogP contribution in [0.3, 0.4) is 0 Å². The third-order valence-corrected chi connectivity index (χ3v) is 3.89. The van der Waals surface area contributed by atoms with E-state index in [1.54, 1.807) is 6.07 Å². The van der Waals surface area contributed by atoms with Gasteiger partial charge in [-0.1, -0.05) is 6.07 Å². The van der Waals surface area contributed by atoms with Gasteiger partial charge in [0.15, 0.2) is 0 Å². The number of halogens is 1. The Morgan fingerprint density at radius 2 is 2.11 bits per heavy atom. The van der Waals surface area contributed by atoms with Crippen LogP contribution in [0.25, 0.3) is 10.9 Å². The maximum absolute atomic E-state index is 10.0. The van der Waals surface area contributed by atoms with Crippen molar-refractivity contribution in [2.24, 2.45) is 0 Å². The predicted octanol–water partition coefficient (Wildman–Crippen LogP) is 2.71. The first-order chi connectivity index (χ1) is 8.16. The lowest BCUT2D eigenvalue weighted by Gasteiger charge is -2.28. The Labute approximate surface area is 113 Å². The van der Waals surface area contributed by atoms with Gasteiger partial charge in [0.05, 0.1) is 0 Å². The third-order valence-electron chi connectivity index (χ3n) is 3.89. The quantitative estimate of drug-likeness (QED) is 0.833. The van der Waals surface area contributed by atoms with Crippen molar-refractivity contribution >= 4 is 23.3 Å². The maximum Gasteiger partial charge on any atom is 0.125 e. The van der Waals surface area contributed by atoms with E-state index in [-0.39, 0.29) is 12.4 Å². The molecule has 0 saturated heterocycles. The molecule has 3 nitrogen and oxygen atoms in total. The number of fused-ring (bicyclic) bond motifs is 3. The zero-order valence-electron chi connectivity index (χ0n) is 10.7. The summed E-state index contributed by atoms with van der Waals surface area (Å²) in [7, 11) is 4.26. The van der Waals surface area contributed by atoms with E-state index in [9.17, 15) is 5.11 Å². The first-order valence-electron chi connectivity index (χ1n) is 6.14. The molecule has 2 aromatic rings. The molecule has 0 bridgehead atoms. The van der Waals surface area contributed by atoms with Gasteiger partial charge < -0.3 is 15.0 Å². The smallest absolute Gasteiger partial charge is 0.125 e. The highest BCUT2D eigenvalue weighted by atomic mass is 35.5. The molecule has 0 spiro atoms. The average molecular weight is 267 g/mol. The van der Waals surface area contributed by atoms with Crippen molar-refractivity contribution in [2.75, 3.05) is 14.1 Å². The van der Waals surface area contributed by atoms with Gasteiger partial charge in [-0.05, 0) is 51.1 Å². The van der Waals surface area contributed by atoms with E-state index >= 15 is 0 Å². The lowest BCUT2D eigenvalue weighted by Crippen LogP contribution is -2.33. The number of aromatic nitrogens is 1. The van der Waals surface area contributed by atoms with Gasteiger partial charge >= 0.3 is 0 Å². The van der Waals surface area contributed by atoms with Crippen LogP contribution in [0.15, 0.2) is 18.2 Å². The molecule has 1 heterocycles. The largest absolute Gasteiger partial charge is 0.507 e. The van der Waals surface area contributed by atoms with Crippen molar-refractivity contribution in [3.05, 3.63) is 29.5 Å². The van der Waals surface area contributed by atoms with Gasteiger partial charge in [0, 0.05) is 22.6 Å². The van der Waals surface area contributed by atoms with Crippen molar-refractivity contribution in [3.8, 4) is 5.75 Å². The highest BCUT2D eigenvalue weighted by molar-refractivity contribution is 5.90. The molecule has 1 aromatic carbocycles. The minimum atomic E-state index is 0. The number of aryl methyl sites for hydroxylation is 1. The van der Waals surface area contributed by atoms with Crippen LogP contribution in [0.1, 0.15) is 17.7 Å². The molecule has 1 aromatic heterocycles. The van der Waals surface area contributed by atoms with Gasteiger partial charge in [0.2, 0.25) is 0 Å². The fraction of sp³-hybridized carbons (Fsp3) is 0.429. The second-order valence-corrected chi connectivity index (χ2v) is 5.14. The molecule has 1 aliphatic rings. The van der Waals surface area contributed by atoms with Crippen LogP contribution in [0.5, 0.6) is 5.75 Å². The number of H-pyrrole nitrogens is 1. The van der Waals surface area contributed by atoms with Gasteiger partial charge in [0.1, 0.15) is 5.75 Å². The number of likely N-dealkylation sites (N-methyl/N-ethyl adjacent to an activating group) is 1. The van der Waals surface area contributed by atoms with Crippen molar-refractivity contribution in [1.29, 1.82) is 0 Å². The van der Waals surface area contributed by atoms with Crippen LogP contribution in [-0.4, -0.2) is 35.1 Å². The Morgan fingerprint density at radius 3 is 2.83 bits per heavy atom. The summed E-state index contributed by atoms with van der Waals surface area (Å²) in [5, 5.41) is 11.0. The number of hydrogen-bond acceptors (Lipinski definition) is 2. The summed E-state index contributed by atoms with van der Waals surface area (Å²) in [5.74, 6) is 0.402. The van der Waals surface area contributed by atoms with Crippen LogP contribution in [0.4, 0.5) is 0 Å². The van der Waals surface area contributed by atoms with Crippen LogP contribution >= 0.6 is 12.4 Å². The predicted molar refractivity (Wildman–Crippen MR) is 76.7 cm³/mol. The molecule has 18 heavy (non-hydrogen) atoms. The van der Waals surface area contributed by atoms with E-state index in [1.165, 1.54) is 17.7 Å². The second kappa shape index (κ2) is 4.82. The number of hydrogen-bond donors (Lipinski definition) is 2. The Morgan fingerprint density at radius 1 is 1.33 bits per heavy atom. The minimum absolute atomic E-state index is 0. The summed E-state index contributed by atoms with van der Waals surface area (Å²) in [6.07, 6.45) is 3.29. The van der Waals surface area contributed by atoms with Gasteiger partial charge in [-0.25, -0.2) is 0 Å². The second-order valence-electron chi connectivity index (χ2n) is 5.14.